The van der Waals surface area contributed by atoms with Crippen molar-refractivity contribution in [2.24, 2.45) is 5.92 Å². The van der Waals surface area contributed by atoms with Crippen molar-refractivity contribution in [1.82, 2.24) is 0 Å². The number of ether oxygens (including phenoxy) is 2. The number of hydrogen-bond donors (Lipinski definition) is 1. The zero-order valence-electron chi connectivity index (χ0n) is 16.1. The van der Waals surface area contributed by atoms with Gasteiger partial charge in [0.2, 0.25) is 5.91 Å². The zero-order valence-corrected chi connectivity index (χ0v) is 16.9. The standard InChI is InChI=1S/C23H21ClFNO4/c24-18-6-2-1-5-15(18)17-12-30-21-11-14(9-10-16(21)23(17)28)29-13-22(27)26-20-8-4-3-7-19(20)25/h1-8,12,14,16,21H,9-11,13H2,(H,26,27). The predicted molar refractivity (Wildman–Crippen MR) is 111 cm³/mol. The van der Waals surface area contributed by atoms with Gasteiger partial charge in [0.05, 0.1) is 29.5 Å². The fourth-order valence-electron chi connectivity index (χ4n) is 3.93. The summed E-state index contributed by atoms with van der Waals surface area (Å²) in [4.78, 5) is 25.0. The number of amides is 1. The highest BCUT2D eigenvalue weighted by atomic mass is 35.5. The second kappa shape index (κ2) is 8.98. The van der Waals surface area contributed by atoms with Gasteiger partial charge in [-0.05, 0) is 31.0 Å². The number of halogens is 2. The van der Waals surface area contributed by atoms with Crippen molar-refractivity contribution in [3.05, 3.63) is 71.2 Å². The SMILES string of the molecule is O=C(COC1CCC2C(=O)C(c3ccccc3Cl)=COC2C1)Nc1ccccc1F. The van der Waals surface area contributed by atoms with Crippen molar-refractivity contribution in [2.75, 3.05) is 11.9 Å². The lowest BCUT2D eigenvalue weighted by Crippen LogP contribution is -2.42. The van der Waals surface area contributed by atoms with E-state index in [4.69, 9.17) is 21.1 Å². The van der Waals surface area contributed by atoms with Crippen LogP contribution in [-0.2, 0) is 19.1 Å². The van der Waals surface area contributed by atoms with Crippen LogP contribution < -0.4 is 5.32 Å². The molecule has 0 bridgehead atoms. The highest BCUT2D eigenvalue weighted by molar-refractivity contribution is 6.35. The van der Waals surface area contributed by atoms with E-state index in [2.05, 4.69) is 5.32 Å². The lowest BCUT2D eigenvalue weighted by atomic mass is 9.78. The lowest BCUT2D eigenvalue weighted by molar-refractivity contribution is -0.132. The summed E-state index contributed by atoms with van der Waals surface area (Å²) in [5.74, 6) is -1.16. The van der Waals surface area contributed by atoms with Gasteiger partial charge < -0.3 is 14.8 Å². The molecule has 1 N–H and O–H groups in total. The number of anilines is 1. The summed E-state index contributed by atoms with van der Waals surface area (Å²) < 4.78 is 25.2. The Labute approximate surface area is 178 Å². The highest BCUT2D eigenvalue weighted by Crippen LogP contribution is 2.38. The third-order valence-corrected chi connectivity index (χ3v) is 5.80. The Kier molecular flexibility index (Phi) is 6.16. The van der Waals surface area contributed by atoms with Gasteiger partial charge >= 0.3 is 0 Å². The zero-order chi connectivity index (χ0) is 21.1. The van der Waals surface area contributed by atoms with Crippen LogP contribution >= 0.6 is 11.6 Å². The first-order valence-corrected chi connectivity index (χ1v) is 10.2. The molecule has 0 radical (unpaired) electrons. The number of carbonyl (C=O) groups is 2. The van der Waals surface area contributed by atoms with E-state index in [-0.39, 0.29) is 36.2 Å². The summed E-state index contributed by atoms with van der Waals surface area (Å²) in [6.07, 6.45) is 2.73. The quantitative estimate of drug-likeness (QED) is 0.753. The second-order valence-corrected chi connectivity index (χ2v) is 7.84. The average molecular weight is 430 g/mol. The first-order chi connectivity index (χ1) is 14.5. The van der Waals surface area contributed by atoms with Gasteiger partial charge in [0.25, 0.3) is 0 Å². The molecule has 0 spiro atoms. The van der Waals surface area contributed by atoms with E-state index in [9.17, 15) is 14.0 Å². The lowest BCUT2D eigenvalue weighted by Gasteiger charge is -2.37. The van der Waals surface area contributed by atoms with Crippen LogP contribution in [0.3, 0.4) is 0 Å². The Morgan fingerprint density at radius 3 is 2.73 bits per heavy atom. The molecule has 156 valence electrons. The maximum absolute atomic E-state index is 13.6. The van der Waals surface area contributed by atoms with Crippen LogP contribution in [0.2, 0.25) is 5.02 Å². The van der Waals surface area contributed by atoms with Gasteiger partial charge in [-0.1, -0.05) is 41.9 Å². The van der Waals surface area contributed by atoms with Gasteiger partial charge in [0.15, 0.2) is 5.78 Å². The second-order valence-electron chi connectivity index (χ2n) is 7.43. The van der Waals surface area contributed by atoms with Crippen LogP contribution in [-0.4, -0.2) is 30.5 Å². The Bertz CT molecular complexity index is 993. The van der Waals surface area contributed by atoms with E-state index in [0.29, 0.717) is 35.4 Å². The topological polar surface area (TPSA) is 64.6 Å². The number of benzene rings is 2. The number of carbonyl (C=O) groups excluding carboxylic acids is 2. The predicted octanol–water partition coefficient (Wildman–Crippen LogP) is 4.61. The molecule has 1 fully saturated rings. The molecular weight excluding hydrogens is 409 g/mol. The minimum absolute atomic E-state index is 0.0232. The summed E-state index contributed by atoms with van der Waals surface area (Å²) in [5, 5.41) is 3.01. The molecule has 3 atom stereocenters. The van der Waals surface area contributed by atoms with E-state index in [0.717, 1.165) is 0 Å². The molecule has 4 rings (SSSR count). The molecule has 1 saturated carbocycles. The molecule has 1 aliphatic carbocycles. The summed E-state index contributed by atoms with van der Waals surface area (Å²) in [6.45, 7) is -0.189. The maximum Gasteiger partial charge on any atom is 0.250 e. The van der Waals surface area contributed by atoms with Gasteiger partial charge in [0, 0.05) is 17.0 Å². The fourth-order valence-corrected chi connectivity index (χ4v) is 4.16. The average Bonchev–Trinajstić information content (AvgIpc) is 2.75. The summed E-state index contributed by atoms with van der Waals surface area (Å²) in [5.41, 5.74) is 1.28. The summed E-state index contributed by atoms with van der Waals surface area (Å²) in [7, 11) is 0. The number of fused-ring (bicyclic) bond motifs is 1. The molecule has 3 unspecified atom stereocenters. The molecule has 1 heterocycles. The molecule has 1 aliphatic heterocycles. The van der Waals surface area contributed by atoms with Crippen LogP contribution in [0, 0.1) is 11.7 Å². The first kappa shape index (κ1) is 20.6. The Balaban J connectivity index is 1.33. The van der Waals surface area contributed by atoms with E-state index >= 15 is 0 Å². The summed E-state index contributed by atoms with van der Waals surface area (Å²) in [6, 6.07) is 13.2. The number of nitrogens with one attached hydrogen (secondary N) is 1. The van der Waals surface area contributed by atoms with Crippen LogP contribution in [0.25, 0.3) is 5.57 Å². The number of ketones is 1. The number of Topliss-reactive ketones (excluding diaryl/α,β-unsaturated/α-hetero) is 1. The maximum atomic E-state index is 13.6. The highest BCUT2D eigenvalue weighted by Gasteiger charge is 2.41. The van der Waals surface area contributed by atoms with Gasteiger partial charge in [-0.2, -0.15) is 0 Å². The largest absolute Gasteiger partial charge is 0.496 e. The van der Waals surface area contributed by atoms with Gasteiger partial charge in [-0.25, -0.2) is 4.39 Å². The first-order valence-electron chi connectivity index (χ1n) is 9.83. The smallest absolute Gasteiger partial charge is 0.250 e. The molecule has 2 aliphatic rings. The molecule has 5 nitrogen and oxygen atoms in total. The third-order valence-electron chi connectivity index (χ3n) is 5.47. The fraction of sp³-hybridized carbons (Fsp3) is 0.304. The van der Waals surface area contributed by atoms with E-state index in [1.165, 1.54) is 18.4 Å². The van der Waals surface area contributed by atoms with Crippen molar-refractivity contribution in [3.8, 4) is 0 Å². The number of rotatable bonds is 5. The van der Waals surface area contributed by atoms with Crippen molar-refractivity contribution < 1.29 is 23.5 Å². The molecule has 2 aromatic rings. The third kappa shape index (κ3) is 4.40. The minimum atomic E-state index is -0.499. The Morgan fingerprint density at radius 1 is 1.17 bits per heavy atom. The van der Waals surface area contributed by atoms with Gasteiger partial charge in [0.1, 0.15) is 18.5 Å². The van der Waals surface area contributed by atoms with Gasteiger partial charge in [-0.3, -0.25) is 9.59 Å². The van der Waals surface area contributed by atoms with Crippen molar-refractivity contribution in [2.45, 2.75) is 31.5 Å². The molecule has 7 heteroatoms. The van der Waals surface area contributed by atoms with E-state index < -0.39 is 11.7 Å². The Hall–Kier alpha value is -2.70. The van der Waals surface area contributed by atoms with Gasteiger partial charge in [-0.15, -0.1) is 0 Å². The summed E-state index contributed by atoms with van der Waals surface area (Å²) >= 11 is 6.23. The van der Waals surface area contributed by atoms with Crippen molar-refractivity contribution >= 4 is 34.6 Å². The molecule has 1 amide bonds. The van der Waals surface area contributed by atoms with Crippen LogP contribution in [0.4, 0.5) is 10.1 Å². The van der Waals surface area contributed by atoms with Crippen molar-refractivity contribution in [3.63, 3.8) is 0 Å². The molecule has 0 aromatic heterocycles. The van der Waals surface area contributed by atoms with Crippen molar-refractivity contribution in [1.29, 1.82) is 0 Å². The van der Waals surface area contributed by atoms with E-state index in [1.54, 1.807) is 24.3 Å². The van der Waals surface area contributed by atoms with E-state index in [1.807, 2.05) is 12.1 Å². The van der Waals surface area contributed by atoms with Crippen LogP contribution in [0.5, 0.6) is 0 Å². The monoisotopic (exact) mass is 429 g/mol. The minimum Gasteiger partial charge on any atom is -0.496 e. The van der Waals surface area contributed by atoms with Crippen LogP contribution in [0.1, 0.15) is 24.8 Å². The number of para-hydroxylation sites is 1. The number of allylic oxidation sites excluding steroid dienone is 1. The normalized spacial score (nSPS) is 23.2. The molecular formula is C23H21ClFNO4. The molecule has 30 heavy (non-hydrogen) atoms. The number of hydrogen-bond acceptors (Lipinski definition) is 4. The van der Waals surface area contributed by atoms with Crippen LogP contribution in [0.15, 0.2) is 54.8 Å². The molecule has 0 saturated heterocycles. The Morgan fingerprint density at radius 2 is 1.93 bits per heavy atom. The molecule has 2 aromatic carbocycles.